The average molecular weight is 327 g/mol. The van der Waals surface area contributed by atoms with E-state index in [4.69, 9.17) is 0 Å². The normalized spacial score (nSPS) is 22.9. The predicted molar refractivity (Wildman–Crippen MR) is 79.5 cm³/mol. The van der Waals surface area contributed by atoms with Crippen LogP contribution >= 0.6 is 11.3 Å². The summed E-state index contributed by atoms with van der Waals surface area (Å²) in [5.41, 5.74) is 0.938. The van der Waals surface area contributed by atoms with Gasteiger partial charge in [0.05, 0.1) is 10.9 Å². The number of amides is 1. The van der Waals surface area contributed by atoms with Crippen LogP contribution < -0.4 is 5.32 Å². The van der Waals surface area contributed by atoms with Gasteiger partial charge in [0.15, 0.2) is 5.13 Å². The monoisotopic (exact) mass is 327 g/mol. The Morgan fingerprint density at radius 1 is 1.29 bits per heavy atom. The van der Waals surface area contributed by atoms with E-state index < -0.39 is 10.0 Å². The van der Waals surface area contributed by atoms with Crippen molar-refractivity contribution in [3.8, 4) is 0 Å². The van der Waals surface area contributed by atoms with E-state index in [0.717, 1.165) is 36.3 Å². The SMILES string of the molecule is O=C(Nc1nc2c(s1)CN(S(=O)(=O)C1CC1)CC2)C1CC1. The smallest absolute Gasteiger partial charge is 0.229 e. The molecule has 0 atom stereocenters. The van der Waals surface area contributed by atoms with E-state index in [0.29, 0.717) is 24.6 Å². The number of anilines is 1. The lowest BCUT2D eigenvalue weighted by Crippen LogP contribution is -2.37. The van der Waals surface area contributed by atoms with Gasteiger partial charge in [0.2, 0.25) is 15.9 Å². The van der Waals surface area contributed by atoms with Crippen molar-refractivity contribution in [2.45, 2.75) is 43.9 Å². The number of rotatable bonds is 4. The summed E-state index contributed by atoms with van der Waals surface area (Å²) in [4.78, 5) is 17.2. The second-order valence-corrected chi connectivity index (χ2v) is 9.28. The number of fused-ring (bicyclic) bond motifs is 1. The van der Waals surface area contributed by atoms with Crippen LogP contribution in [-0.4, -0.2) is 35.4 Å². The molecule has 1 aliphatic heterocycles. The first-order valence-electron chi connectivity index (χ1n) is 7.32. The molecule has 2 aliphatic carbocycles. The Morgan fingerprint density at radius 3 is 2.71 bits per heavy atom. The fourth-order valence-electron chi connectivity index (χ4n) is 2.57. The zero-order valence-corrected chi connectivity index (χ0v) is 13.2. The standard InChI is InChI=1S/C13H17N3O3S2/c17-12(8-1-2-8)15-13-14-10-5-6-16(7-11(10)20-13)21(18,19)9-3-4-9/h8-9H,1-7H2,(H,14,15,17). The number of aromatic nitrogens is 1. The van der Waals surface area contributed by atoms with Crippen LogP contribution in [0.3, 0.4) is 0 Å². The van der Waals surface area contributed by atoms with Gasteiger partial charge in [0, 0.05) is 30.3 Å². The Kier molecular flexibility index (Phi) is 3.09. The third-order valence-corrected chi connectivity index (χ3v) is 7.52. The van der Waals surface area contributed by atoms with Crippen molar-refractivity contribution in [1.29, 1.82) is 0 Å². The first kappa shape index (κ1) is 13.7. The fourth-order valence-corrected chi connectivity index (χ4v) is 5.49. The first-order chi connectivity index (χ1) is 10.0. The number of nitrogens with one attached hydrogen (secondary N) is 1. The Bertz CT molecular complexity index is 690. The topological polar surface area (TPSA) is 79.4 Å². The highest BCUT2D eigenvalue weighted by atomic mass is 32.2. The first-order valence-corrected chi connectivity index (χ1v) is 9.64. The molecule has 2 fully saturated rings. The molecule has 1 N–H and O–H groups in total. The van der Waals surface area contributed by atoms with E-state index in [9.17, 15) is 13.2 Å². The maximum Gasteiger partial charge on any atom is 0.229 e. The van der Waals surface area contributed by atoms with Gasteiger partial charge < -0.3 is 5.32 Å². The molecule has 2 heterocycles. The van der Waals surface area contributed by atoms with Crippen LogP contribution in [0.2, 0.25) is 0 Å². The highest BCUT2D eigenvalue weighted by Gasteiger charge is 2.41. The van der Waals surface area contributed by atoms with Gasteiger partial charge >= 0.3 is 0 Å². The van der Waals surface area contributed by atoms with Crippen molar-refractivity contribution in [2.75, 3.05) is 11.9 Å². The van der Waals surface area contributed by atoms with Gasteiger partial charge in [-0.3, -0.25) is 4.79 Å². The van der Waals surface area contributed by atoms with E-state index in [1.165, 1.54) is 11.3 Å². The molecule has 114 valence electrons. The van der Waals surface area contributed by atoms with E-state index in [-0.39, 0.29) is 17.1 Å². The zero-order valence-electron chi connectivity index (χ0n) is 11.5. The summed E-state index contributed by atoms with van der Waals surface area (Å²) in [5, 5.41) is 3.30. The average Bonchev–Trinajstić information content (AvgIpc) is 3.33. The van der Waals surface area contributed by atoms with Gasteiger partial charge in [-0.15, -0.1) is 11.3 Å². The van der Waals surface area contributed by atoms with Crippen LogP contribution in [0, 0.1) is 5.92 Å². The number of carbonyl (C=O) groups excluding carboxylic acids is 1. The molecule has 2 saturated carbocycles. The lowest BCUT2D eigenvalue weighted by Gasteiger charge is -2.25. The Labute approximate surface area is 127 Å². The van der Waals surface area contributed by atoms with Gasteiger partial charge in [-0.25, -0.2) is 13.4 Å². The number of thiazole rings is 1. The molecule has 3 aliphatic rings. The molecule has 1 aromatic rings. The zero-order chi connectivity index (χ0) is 14.6. The van der Waals surface area contributed by atoms with Crippen LogP contribution in [0.5, 0.6) is 0 Å². The molecule has 4 rings (SSSR count). The van der Waals surface area contributed by atoms with Gasteiger partial charge in [0.1, 0.15) is 0 Å². The maximum atomic E-state index is 12.3. The molecule has 1 aromatic heterocycles. The summed E-state index contributed by atoms with van der Waals surface area (Å²) in [5.74, 6) is 0.196. The van der Waals surface area contributed by atoms with Crippen LogP contribution in [0.1, 0.15) is 36.3 Å². The minimum atomic E-state index is -3.12. The van der Waals surface area contributed by atoms with Crippen molar-refractivity contribution in [1.82, 2.24) is 9.29 Å². The largest absolute Gasteiger partial charge is 0.302 e. The number of hydrogen-bond acceptors (Lipinski definition) is 5. The second-order valence-electron chi connectivity index (χ2n) is 5.98. The molecule has 0 bridgehead atoms. The van der Waals surface area contributed by atoms with Crippen LogP contribution in [-0.2, 0) is 27.8 Å². The minimum Gasteiger partial charge on any atom is -0.302 e. The van der Waals surface area contributed by atoms with E-state index in [2.05, 4.69) is 10.3 Å². The van der Waals surface area contributed by atoms with Crippen molar-refractivity contribution in [3.63, 3.8) is 0 Å². The summed E-state index contributed by atoms with van der Waals surface area (Å²) >= 11 is 1.41. The molecule has 0 radical (unpaired) electrons. The summed E-state index contributed by atoms with van der Waals surface area (Å²) in [6, 6.07) is 0. The van der Waals surface area contributed by atoms with Crippen LogP contribution in [0.25, 0.3) is 0 Å². The molecule has 1 amide bonds. The summed E-state index contributed by atoms with van der Waals surface area (Å²) in [7, 11) is -3.12. The van der Waals surface area contributed by atoms with Gasteiger partial charge in [-0.1, -0.05) is 0 Å². The number of hydrogen-bond donors (Lipinski definition) is 1. The molecule has 0 aromatic carbocycles. The van der Waals surface area contributed by atoms with Crippen molar-refractivity contribution in [2.24, 2.45) is 5.92 Å². The summed E-state index contributed by atoms with van der Waals surface area (Å²) in [6.07, 6.45) is 4.14. The van der Waals surface area contributed by atoms with E-state index in [1.54, 1.807) is 4.31 Å². The molecular weight excluding hydrogens is 310 g/mol. The summed E-state index contributed by atoms with van der Waals surface area (Å²) in [6.45, 7) is 0.913. The number of carbonyl (C=O) groups is 1. The quantitative estimate of drug-likeness (QED) is 0.905. The van der Waals surface area contributed by atoms with Crippen molar-refractivity contribution < 1.29 is 13.2 Å². The highest BCUT2D eigenvalue weighted by molar-refractivity contribution is 7.90. The number of sulfonamides is 1. The summed E-state index contributed by atoms with van der Waals surface area (Å²) < 4.78 is 26.1. The maximum absolute atomic E-state index is 12.3. The molecular formula is C13H17N3O3S2. The van der Waals surface area contributed by atoms with Gasteiger partial charge in [0.25, 0.3) is 0 Å². The van der Waals surface area contributed by atoms with Gasteiger partial charge in [-0.2, -0.15) is 4.31 Å². The third-order valence-electron chi connectivity index (χ3n) is 4.18. The lowest BCUT2D eigenvalue weighted by atomic mass is 10.2. The molecule has 0 spiro atoms. The van der Waals surface area contributed by atoms with Crippen molar-refractivity contribution in [3.05, 3.63) is 10.6 Å². The lowest BCUT2D eigenvalue weighted by molar-refractivity contribution is -0.117. The predicted octanol–water partition coefficient (Wildman–Crippen LogP) is 1.34. The van der Waals surface area contributed by atoms with Crippen LogP contribution in [0.15, 0.2) is 0 Å². The third kappa shape index (κ3) is 2.60. The molecule has 0 unspecified atom stereocenters. The minimum absolute atomic E-state index is 0.0450. The van der Waals surface area contributed by atoms with Crippen molar-refractivity contribution >= 4 is 32.4 Å². The Hall–Kier alpha value is -0.990. The number of nitrogens with zero attached hydrogens (tertiary/aromatic N) is 2. The molecule has 21 heavy (non-hydrogen) atoms. The highest BCUT2D eigenvalue weighted by Crippen LogP contribution is 2.36. The molecule has 0 saturated heterocycles. The van der Waals surface area contributed by atoms with E-state index >= 15 is 0 Å². The second kappa shape index (κ2) is 4.76. The Morgan fingerprint density at radius 2 is 2.05 bits per heavy atom. The molecule has 8 heteroatoms. The van der Waals surface area contributed by atoms with Crippen LogP contribution in [0.4, 0.5) is 5.13 Å². The molecule has 6 nitrogen and oxygen atoms in total. The van der Waals surface area contributed by atoms with E-state index in [1.807, 2.05) is 0 Å². The fraction of sp³-hybridized carbons (Fsp3) is 0.692. The van der Waals surface area contributed by atoms with Gasteiger partial charge in [-0.05, 0) is 25.7 Å². The Balaban J connectivity index is 1.50.